The molecule has 10 heteroatoms. The number of likely N-dealkylation sites (N-methyl/N-ethyl adjacent to an activating group) is 1. The third-order valence-electron chi connectivity index (χ3n) is 7.47. The number of amides is 2. The van der Waals surface area contributed by atoms with Crippen molar-refractivity contribution in [3.63, 3.8) is 0 Å². The SMILES string of the molecule is CCCS(=O)(=O)N1CCCC1C(=O)N(c1ccc2c(c1)CCO2)C(C(=O)NC)c1cccc(-c2ccncc2)c1. The molecular formula is C30H34N4O5S. The molecule has 3 heterocycles. The molecule has 0 radical (unpaired) electrons. The molecule has 210 valence electrons. The van der Waals surface area contributed by atoms with Crippen molar-refractivity contribution >= 4 is 27.5 Å². The molecule has 2 atom stereocenters. The Morgan fingerprint density at radius 2 is 1.93 bits per heavy atom. The zero-order valence-corrected chi connectivity index (χ0v) is 23.6. The van der Waals surface area contributed by atoms with Gasteiger partial charge in [-0.3, -0.25) is 19.5 Å². The minimum absolute atomic E-state index is 0.0280. The largest absolute Gasteiger partial charge is 0.493 e. The van der Waals surface area contributed by atoms with Gasteiger partial charge in [-0.1, -0.05) is 25.1 Å². The van der Waals surface area contributed by atoms with Gasteiger partial charge in [0.25, 0.3) is 0 Å². The van der Waals surface area contributed by atoms with Crippen LogP contribution in [0.4, 0.5) is 5.69 Å². The highest BCUT2D eigenvalue weighted by Crippen LogP contribution is 2.37. The lowest BCUT2D eigenvalue weighted by molar-refractivity contribution is -0.127. The highest BCUT2D eigenvalue weighted by Gasteiger charge is 2.44. The second-order valence-electron chi connectivity index (χ2n) is 10.1. The highest BCUT2D eigenvalue weighted by molar-refractivity contribution is 7.89. The molecule has 2 aromatic carbocycles. The number of fused-ring (bicyclic) bond motifs is 1. The summed E-state index contributed by atoms with van der Waals surface area (Å²) < 4.78 is 33.3. The summed E-state index contributed by atoms with van der Waals surface area (Å²) >= 11 is 0. The second kappa shape index (κ2) is 11.8. The lowest BCUT2D eigenvalue weighted by Crippen LogP contribution is -2.52. The predicted molar refractivity (Wildman–Crippen MR) is 153 cm³/mol. The van der Waals surface area contributed by atoms with Crippen LogP contribution in [0.1, 0.15) is 43.4 Å². The maximum Gasteiger partial charge on any atom is 0.247 e. The predicted octanol–water partition coefficient (Wildman–Crippen LogP) is 3.71. The van der Waals surface area contributed by atoms with E-state index in [0.717, 1.165) is 22.4 Å². The average molecular weight is 563 g/mol. The zero-order valence-electron chi connectivity index (χ0n) is 22.7. The van der Waals surface area contributed by atoms with E-state index >= 15 is 0 Å². The van der Waals surface area contributed by atoms with Crippen LogP contribution in [0.2, 0.25) is 0 Å². The third-order valence-corrected chi connectivity index (χ3v) is 9.54. The molecular weight excluding hydrogens is 528 g/mol. The van der Waals surface area contributed by atoms with Gasteiger partial charge in [-0.2, -0.15) is 4.31 Å². The van der Waals surface area contributed by atoms with E-state index in [9.17, 15) is 18.0 Å². The number of carbonyl (C=O) groups is 2. The van der Waals surface area contributed by atoms with Crippen LogP contribution in [0.3, 0.4) is 0 Å². The van der Waals surface area contributed by atoms with Gasteiger partial charge >= 0.3 is 0 Å². The molecule has 1 saturated heterocycles. The van der Waals surface area contributed by atoms with Crippen molar-refractivity contribution in [3.05, 3.63) is 78.1 Å². The summed E-state index contributed by atoms with van der Waals surface area (Å²) in [6.07, 6.45) is 5.51. The Kier molecular flexibility index (Phi) is 8.18. The molecule has 1 aromatic heterocycles. The number of nitrogens with zero attached hydrogens (tertiary/aromatic N) is 3. The fraction of sp³-hybridized carbons (Fsp3) is 0.367. The number of carbonyl (C=O) groups excluding carboxylic acids is 2. The van der Waals surface area contributed by atoms with E-state index < -0.39 is 28.0 Å². The molecule has 40 heavy (non-hydrogen) atoms. The Balaban J connectivity index is 1.64. The number of rotatable bonds is 9. The van der Waals surface area contributed by atoms with Gasteiger partial charge in [-0.05, 0) is 77.9 Å². The maximum absolute atomic E-state index is 14.5. The topological polar surface area (TPSA) is 109 Å². The molecule has 0 aliphatic carbocycles. The van der Waals surface area contributed by atoms with Crippen molar-refractivity contribution in [1.29, 1.82) is 0 Å². The van der Waals surface area contributed by atoms with Crippen LogP contribution in [0, 0.1) is 0 Å². The smallest absolute Gasteiger partial charge is 0.247 e. The van der Waals surface area contributed by atoms with E-state index in [1.54, 1.807) is 25.4 Å². The van der Waals surface area contributed by atoms with Gasteiger partial charge in [0.1, 0.15) is 17.8 Å². The number of hydrogen-bond donors (Lipinski definition) is 1. The summed E-state index contributed by atoms with van der Waals surface area (Å²) in [6, 6.07) is 14.8. The summed E-state index contributed by atoms with van der Waals surface area (Å²) in [6.45, 7) is 2.64. The molecule has 2 unspecified atom stereocenters. The van der Waals surface area contributed by atoms with Crippen LogP contribution in [0.15, 0.2) is 67.0 Å². The summed E-state index contributed by atoms with van der Waals surface area (Å²) in [5, 5.41) is 2.73. The molecule has 3 aromatic rings. The number of nitrogens with one attached hydrogen (secondary N) is 1. The molecule has 2 amide bonds. The van der Waals surface area contributed by atoms with Gasteiger partial charge in [-0.25, -0.2) is 8.42 Å². The molecule has 0 saturated carbocycles. The van der Waals surface area contributed by atoms with Crippen molar-refractivity contribution in [2.45, 2.75) is 44.7 Å². The Morgan fingerprint density at radius 3 is 2.67 bits per heavy atom. The monoisotopic (exact) mass is 562 g/mol. The van der Waals surface area contributed by atoms with Gasteiger partial charge in [0.2, 0.25) is 21.8 Å². The van der Waals surface area contributed by atoms with Crippen molar-refractivity contribution in [1.82, 2.24) is 14.6 Å². The summed E-state index contributed by atoms with van der Waals surface area (Å²) in [4.78, 5) is 33.7. The van der Waals surface area contributed by atoms with E-state index in [1.807, 2.05) is 48.5 Å². The Hall–Kier alpha value is -3.76. The summed E-state index contributed by atoms with van der Waals surface area (Å²) in [5.41, 5.74) is 3.87. The maximum atomic E-state index is 14.5. The van der Waals surface area contributed by atoms with Crippen molar-refractivity contribution < 1.29 is 22.7 Å². The van der Waals surface area contributed by atoms with Crippen LogP contribution in [-0.2, 0) is 26.0 Å². The molecule has 5 rings (SSSR count). The zero-order chi connectivity index (χ0) is 28.3. The number of hydrogen-bond acceptors (Lipinski definition) is 6. The summed E-state index contributed by atoms with van der Waals surface area (Å²) in [5.74, 6) is -0.0722. The van der Waals surface area contributed by atoms with E-state index in [4.69, 9.17) is 4.74 Å². The molecule has 2 aliphatic rings. The minimum atomic E-state index is -3.63. The van der Waals surface area contributed by atoms with Crippen LogP contribution < -0.4 is 15.0 Å². The number of pyridine rings is 1. The third kappa shape index (κ3) is 5.46. The number of sulfonamides is 1. The fourth-order valence-electron chi connectivity index (χ4n) is 5.57. The van der Waals surface area contributed by atoms with Crippen LogP contribution in [-0.4, -0.2) is 61.5 Å². The van der Waals surface area contributed by atoms with Crippen molar-refractivity contribution in [3.8, 4) is 16.9 Å². The molecule has 9 nitrogen and oxygen atoms in total. The number of benzene rings is 2. The number of ether oxygens (including phenoxy) is 1. The molecule has 1 N–H and O–H groups in total. The number of aromatic nitrogens is 1. The van der Waals surface area contributed by atoms with E-state index in [2.05, 4.69) is 10.3 Å². The minimum Gasteiger partial charge on any atom is -0.493 e. The van der Waals surface area contributed by atoms with Gasteiger partial charge in [-0.15, -0.1) is 0 Å². The van der Waals surface area contributed by atoms with Gasteiger partial charge in [0.05, 0.1) is 12.4 Å². The van der Waals surface area contributed by atoms with Crippen LogP contribution in [0.5, 0.6) is 5.75 Å². The van der Waals surface area contributed by atoms with Crippen molar-refractivity contribution in [2.24, 2.45) is 0 Å². The van der Waals surface area contributed by atoms with Crippen LogP contribution >= 0.6 is 0 Å². The second-order valence-corrected chi connectivity index (χ2v) is 12.1. The molecule has 0 spiro atoms. The number of anilines is 1. The Morgan fingerprint density at radius 1 is 1.12 bits per heavy atom. The lowest BCUT2D eigenvalue weighted by atomic mass is 9.97. The molecule has 2 aliphatic heterocycles. The van der Waals surface area contributed by atoms with E-state index in [-0.39, 0.29) is 18.2 Å². The lowest BCUT2D eigenvalue weighted by Gasteiger charge is -2.35. The first-order chi connectivity index (χ1) is 19.3. The quantitative estimate of drug-likeness (QED) is 0.426. The first-order valence-corrected chi connectivity index (χ1v) is 15.2. The van der Waals surface area contributed by atoms with E-state index in [0.29, 0.717) is 43.5 Å². The summed E-state index contributed by atoms with van der Waals surface area (Å²) in [7, 11) is -2.09. The molecule has 1 fully saturated rings. The Bertz CT molecular complexity index is 1490. The Labute approximate surface area is 235 Å². The normalized spacial score (nSPS) is 17.6. The first-order valence-electron chi connectivity index (χ1n) is 13.6. The van der Waals surface area contributed by atoms with Gasteiger partial charge in [0.15, 0.2) is 0 Å². The van der Waals surface area contributed by atoms with Crippen LogP contribution in [0.25, 0.3) is 11.1 Å². The van der Waals surface area contributed by atoms with E-state index in [1.165, 1.54) is 16.3 Å². The average Bonchev–Trinajstić information content (AvgIpc) is 3.66. The van der Waals surface area contributed by atoms with Gasteiger partial charge in [0, 0.05) is 38.1 Å². The standard InChI is InChI=1S/C30H34N4O5S/c1-3-18-40(37,38)33-16-5-8-26(33)30(36)34(25-9-10-27-23(20-25)13-17-39-27)28(29(35)31-2)24-7-4-6-22(19-24)21-11-14-32-15-12-21/h4,6-7,9-12,14-15,19-20,26,28H,3,5,8,13,16-18H2,1-2H3,(H,31,35). The van der Waals surface area contributed by atoms with Gasteiger partial charge < -0.3 is 10.1 Å². The highest BCUT2D eigenvalue weighted by atomic mass is 32.2. The van der Waals surface area contributed by atoms with Crippen molar-refractivity contribution in [2.75, 3.05) is 30.9 Å². The molecule has 0 bridgehead atoms. The fourth-order valence-corrected chi connectivity index (χ4v) is 7.31. The first kappa shape index (κ1) is 27.8.